The molecule has 0 spiro atoms. The van der Waals surface area contributed by atoms with Gasteiger partial charge in [0, 0.05) is 11.1 Å². The van der Waals surface area contributed by atoms with E-state index in [9.17, 15) is 5.21 Å². The minimum absolute atomic E-state index is 0.127. The highest BCUT2D eigenvalue weighted by Crippen LogP contribution is 2.37. The molecule has 0 atom stereocenters. The first-order valence-electron chi connectivity index (χ1n) is 5.77. The van der Waals surface area contributed by atoms with Gasteiger partial charge in [0.05, 0.1) is 25.2 Å². The first kappa shape index (κ1) is 13.4. The first-order chi connectivity index (χ1) is 7.29. The maximum absolute atomic E-state index is 10.1. The lowest BCUT2D eigenvalue weighted by Crippen LogP contribution is -2.60. The molecule has 1 aliphatic heterocycles. The number of hydrogen-bond acceptors (Lipinski definition) is 4. The van der Waals surface area contributed by atoms with Crippen molar-refractivity contribution < 1.29 is 9.94 Å². The molecule has 0 aromatic carbocycles. The van der Waals surface area contributed by atoms with Crippen LogP contribution in [0.25, 0.3) is 0 Å². The van der Waals surface area contributed by atoms with Crippen LogP contribution in [0.1, 0.15) is 47.0 Å². The zero-order chi connectivity index (χ0) is 12.4. The highest BCUT2D eigenvalue weighted by atomic mass is 16.5. The molecule has 0 amide bonds. The third-order valence-corrected chi connectivity index (χ3v) is 3.17. The van der Waals surface area contributed by atoms with Gasteiger partial charge in [0.1, 0.15) is 0 Å². The Labute approximate surface area is 97.8 Å². The summed E-state index contributed by atoms with van der Waals surface area (Å²) < 4.78 is 5.68. The van der Waals surface area contributed by atoms with E-state index in [1.807, 2.05) is 27.7 Å². The van der Waals surface area contributed by atoms with Gasteiger partial charge in [0.15, 0.2) is 0 Å². The van der Waals surface area contributed by atoms with Gasteiger partial charge >= 0.3 is 0 Å². The lowest BCUT2D eigenvalue weighted by atomic mass is 9.80. The quantitative estimate of drug-likeness (QED) is 0.750. The van der Waals surface area contributed by atoms with Crippen LogP contribution >= 0.6 is 0 Å². The predicted molar refractivity (Wildman–Crippen MR) is 61.0 cm³/mol. The van der Waals surface area contributed by atoms with Crippen molar-refractivity contribution in [1.82, 2.24) is 5.06 Å². The van der Waals surface area contributed by atoms with Crippen molar-refractivity contribution in [3.8, 4) is 6.07 Å². The maximum Gasteiger partial charge on any atom is 0.0645 e. The van der Waals surface area contributed by atoms with E-state index in [1.165, 1.54) is 5.06 Å². The minimum atomic E-state index is -0.279. The van der Waals surface area contributed by atoms with Gasteiger partial charge < -0.3 is 9.94 Å². The molecular weight excluding hydrogens is 204 g/mol. The second-order valence-electron chi connectivity index (χ2n) is 5.75. The van der Waals surface area contributed by atoms with E-state index in [0.29, 0.717) is 13.0 Å². The van der Waals surface area contributed by atoms with Gasteiger partial charge in [-0.1, -0.05) is 0 Å². The predicted octanol–water partition coefficient (Wildman–Crippen LogP) is 2.33. The summed E-state index contributed by atoms with van der Waals surface area (Å²) in [5.74, 6) is 0. The van der Waals surface area contributed by atoms with Gasteiger partial charge in [-0.25, -0.2) is 0 Å². The summed E-state index contributed by atoms with van der Waals surface area (Å²) in [5.41, 5.74) is -0.557. The van der Waals surface area contributed by atoms with Crippen LogP contribution in [-0.2, 0) is 4.74 Å². The van der Waals surface area contributed by atoms with E-state index in [2.05, 4.69) is 6.07 Å². The molecule has 1 aliphatic rings. The van der Waals surface area contributed by atoms with Crippen molar-refractivity contribution in [2.75, 3.05) is 6.61 Å². The number of hydrogen-bond donors (Lipinski definition) is 1. The van der Waals surface area contributed by atoms with Crippen molar-refractivity contribution in [1.29, 1.82) is 5.26 Å². The standard InChI is InChI=1S/C12H22N2O2/c1-11(2)8-10(16-7-5-6-13)9-12(3,4)14(11)15/h10,15H,5,7-9H2,1-4H3. The molecule has 4 nitrogen and oxygen atoms in total. The fourth-order valence-electron chi connectivity index (χ4n) is 2.57. The summed E-state index contributed by atoms with van der Waals surface area (Å²) in [5, 5.41) is 20.0. The van der Waals surface area contributed by atoms with Crippen LogP contribution in [0, 0.1) is 11.3 Å². The molecule has 1 saturated heterocycles. The van der Waals surface area contributed by atoms with Crippen LogP contribution < -0.4 is 0 Å². The largest absolute Gasteiger partial charge is 0.377 e. The topological polar surface area (TPSA) is 56.5 Å². The Balaban J connectivity index is 2.61. The molecule has 0 aromatic rings. The van der Waals surface area contributed by atoms with Crippen molar-refractivity contribution in [2.45, 2.75) is 64.1 Å². The van der Waals surface area contributed by atoms with E-state index in [4.69, 9.17) is 10.00 Å². The molecule has 1 fully saturated rings. The van der Waals surface area contributed by atoms with Gasteiger partial charge in [0.2, 0.25) is 0 Å². The van der Waals surface area contributed by atoms with Crippen molar-refractivity contribution in [3.05, 3.63) is 0 Å². The summed E-state index contributed by atoms with van der Waals surface area (Å²) in [6, 6.07) is 2.07. The zero-order valence-electron chi connectivity index (χ0n) is 10.7. The highest BCUT2D eigenvalue weighted by Gasteiger charge is 2.45. The molecule has 1 heterocycles. The van der Waals surface area contributed by atoms with Gasteiger partial charge in [-0.3, -0.25) is 0 Å². The molecule has 0 unspecified atom stereocenters. The molecule has 92 valence electrons. The summed E-state index contributed by atoms with van der Waals surface area (Å²) in [4.78, 5) is 0. The van der Waals surface area contributed by atoms with E-state index in [-0.39, 0.29) is 17.2 Å². The monoisotopic (exact) mass is 226 g/mol. The van der Waals surface area contributed by atoms with Crippen molar-refractivity contribution >= 4 is 0 Å². The van der Waals surface area contributed by atoms with Crippen molar-refractivity contribution in [3.63, 3.8) is 0 Å². The average molecular weight is 226 g/mol. The second kappa shape index (κ2) is 4.70. The lowest BCUT2D eigenvalue weighted by Gasteiger charge is -2.51. The zero-order valence-corrected chi connectivity index (χ0v) is 10.7. The number of hydroxylamine groups is 2. The normalized spacial score (nSPS) is 25.2. The van der Waals surface area contributed by atoms with E-state index >= 15 is 0 Å². The minimum Gasteiger partial charge on any atom is -0.377 e. The third kappa shape index (κ3) is 2.94. The molecular formula is C12H22N2O2. The molecule has 0 bridgehead atoms. The molecule has 0 aromatic heterocycles. The maximum atomic E-state index is 10.1. The molecule has 0 radical (unpaired) electrons. The Kier molecular flexibility index (Phi) is 3.95. The van der Waals surface area contributed by atoms with E-state index < -0.39 is 0 Å². The first-order valence-corrected chi connectivity index (χ1v) is 5.77. The molecule has 4 heteroatoms. The Hall–Kier alpha value is -0.630. The van der Waals surface area contributed by atoms with Gasteiger partial charge in [-0.05, 0) is 40.5 Å². The van der Waals surface area contributed by atoms with Gasteiger partial charge in [-0.15, -0.1) is 0 Å². The number of nitriles is 1. The number of rotatable bonds is 3. The van der Waals surface area contributed by atoms with E-state index in [0.717, 1.165) is 12.8 Å². The summed E-state index contributed by atoms with van der Waals surface area (Å²) in [6.07, 6.45) is 2.14. The Morgan fingerprint density at radius 3 is 2.25 bits per heavy atom. The van der Waals surface area contributed by atoms with Gasteiger partial charge in [0.25, 0.3) is 0 Å². The fourth-order valence-corrected chi connectivity index (χ4v) is 2.57. The molecule has 1 rings (SSSR count). The summed E-state index contributed by atoms with van der Waals surface area (Å²) in [6.45, 7) is 8.52. The fraction of sp³-hybridized carbons (Fsp3) is 0.917. The summed E-state index contributed by atoms with van der Waals surface area (Å²) in [7, 11) is 0. The van der Waals surface area contributed by atoms with Crippen LogP contribution in [-0.4, -0.2) is 34.1 Å². The number of nitrogens with zero attached hydrogens (tertiary/aromatic N) is 2. The Bertz CT molecular complexity index is 263. The third-order valence-electron chi connectivity index (χ3n) is 3.17. The number of ether oxygens (including phenoxy) is 1. The van der Waals surface area contributed by atoms with Crippen LogP contribution in [0.3, 0.4) is 0 Å². The molecule has 16 heavy (non-hydrogen) atoms. The van der Waals surface area contributed by atoms with Crippen molar-refractivity contribution in [2.24, 2.45) is 0 Å². The number of piperidine rings is 1. The smallest absolute Gasteiger partial charge is 0.0645 e. The Morgan fingerprint density at radius 2 is 1.81 bits per heavy atom. The van der Waals surface area contributed by atoms with E-state index in [1.54, 1.807) is 0 Å². The second-order valence-corrected chi connectivity index (χ2v) is 5.75. The SMILES string of the molecule is CC1(C)CC(OCCC#N)CC(C)(C)N1O. The lowest BCUT2D eigenvalue weighted by molar-refractivity contribution is -0.261. The molecule has 1 N–H and O–H groups in total. The van der Waals surface area contributed by atoms with Crippen LogP contribution in [0.2, 0.25) is 0 Å². The average Bonchev–Trinajstić information content (AvgIpc) is 2.14. The molecule has 0 aliphatic carbocycles. The van der Waals surface area contributed by atoms with Gasteiger partial charge in [-0.2, -0.15) is 10.3 Å². The van der Waals surface area contributed by atoms with Crippen LogP contribution in [0.5, 0.6) is 0 Å². The van der Waals surface area contributed by atoms with Crippen LogP contribution in [0.15, 0.2) is 0 Å². The Morgan fingerprint density at radius 1 is 1.31 bits per heavy atom. The van der Waals surface area contributed by atoms with Crippen LogP contribution in [0.4, 0.5) is 0 Å². The molecule has 0 saturated carbocycles. The highest BCUT2D eigenvalue weighted by molar-refractivity contribution is 4.96. The summed E-state index contributed by atoms with van der Waals surface area (Å²) >= 11 is 0.